The second-order valence-electron chi connectivity index (χ2n) is 4.05. The SMILES string of the molecule is [NH]c1ccc(Cl)c2c1C(=O)c1ccccc1C2=O. The summed E-state index contributed by atoms with van der Waals surface area (Å²) in [6.45, 7) is 0. The summed E-state index contributed by atoms with van der Waals surface area (Å²) >= 11 is 5.98. The van der Waals surface area contributed by atoms with Crippen LogP contribution in [0, 0.1) is 0 Å². The Labute approximate surface area is 108 Å². The normalized spacial score (nSPS) is 13.2. The molecule has 3 nitrogen and oxygen atoms in total. The maximum absolute atomic E-state index is 12.3. The Morgan fingerprint density at radius 3 is 2.00 bits per heavy atom. The highest BCUT2D eigenvalue weighted by Crippen LogP contribution is 2.35. The number of hydrogen-bond donors (Lipinski definition) is 0. The van der Waals surface area contributed by atoms with E-state index in [-0.39, 0.29) is 33.4 Å². The first kappa shape index (κ1) is 11.0. The van der Waals surface area contributed by atoms with Gasteiger partial charge in [0.15, 0.2) is 11.6 Å². The van der Waals surface area contributed by atoms with Crippen molar-refractivity contribution in [1.29, 1.82) is 0 Å². The van der Waals surface area contributed by atoms with E-state index in [0.717, 1.165) is 0 Å². The average Bonchev–Trinajstić information content (AvgIpc) is 2.38. The van der Waals surface area contributed by atoms with Gasteiger partial charge in [-0.3, -0.25) is 9.59 Å². The molecule has 0 amide bonds. The fraction of sp³-hybridized carbons (Fsp3) is 0. The molecule has 4 heteroatoms. The van der Waals surface area contributed by atoms with Crippen LogP contribution in [0.3, 0.4) is 0 Å². The lowest BCUT2D eigenvalue weighted by atomic mass is 9.83. The number of carbonyl (C=O) groups excluding carboxylic acids is 2. The van der Waals surface area contributed by atoms with Gasteiger partial charge in [-0.1, -0.05) is 35.9 Å². The van der Waals surface area contributed by atoms with Gasteiger partial charge in [-0.15, -0.1) is 0 Å². The Morgan fingerprint density at radius 1 is 0.833 bits per heavy atom. The van der Waals surface area contributed by atoms with Crippen LogP contribution in [0.4, 0.5) is 5.69 Å². The number of hydrogen-bond acceptors (Lipinski definition) is 2. The van der Waals surface area contributed by atoms with E-state index in [1.165, 1.54) is 12.1 Å². The Hall–Kier alpha value is -2.13. The molecule has 87 valence electrons. The molecule has 0 atom stereocenters. The minimum atomic E-state index is -0.312. The monoisotopic (exact) mass is 256 g/mol. The van der Waals surface area contributed by atoms with Crippen molar-refractivity contribution in [1.82, 2.24) is 5.73 Å². The molecule has 0 aromatic heterocycles. The van der Waals surface area contributed by atoms with E-state index in [2.05, 4.69) is 0 Å². The highest BCUT2D eigenvalue weighted by Gasteiger charge is 2.32. The van der Waals surface area contributed by atoms with Gasteiger partial charge >= 0.3 is 0 Å². The minimum absolute atomic E-state index is 0.0299. The predicted octanol–water partition coefficient (Wildman–Crippen LogP) is 3.03. The van der Waals surface area contributed by atoms with Crippen molar-refractivity contribution in [2.75, 3.05) is 0 Å². The van der Waals surface area contributed by atoms with Crippen LogP contribution in [0.15, 0.2) is 36.4 Å². The highest BCUT2D eigenvalue weighted by atomic mass is 35.5. The second kappa shape index (κ2) is 3.68. The molecule has 2 aromatic rings. The van der Waals surface area contributed by atoms with Crippen LogP contribution in [-0.4, -0.2) is 11.6 Å². The summed E-state index contributed by atoms with van der Waals surface area (Å²) in [5, 5.41) is 0.217. The fourth-order valence-electron chi connectivity index (χ4n) is 2.18. The molecule has 0 fully saturated rings. The molecule has 0 bridgehead atoms. The van der Waals surface area contributed by atoms with Crippen molar-refractivity contribution >= 4 is 28.9 Å². The highest BCUT2D eigenvalue weighted by molar-refractivity contribution is 6.39. The third-order valence-corrected chi connectivity index (χ3v) is 3.34. The summed E-state index contributed by atoms with van der Waals surface area (Å²) in [6.07, 6.45) is 0. The van der Waals surface area contributed by atoms with Crippen LogP contribution in [0.2, 0.25) is 5.02 Å². The van der Waals surface area contributed by atoms with Crippen molar-refractivity contribution < 1.29 is 9.59 Å². The quantitative estimate of drug-likeness (QED) is 0.621. The third kappa shape index (κ3) is 1.31. The third-order valence-electron chi connectivity index (χ3n) is 3.02. The first-order valence-corrected chi connectivity index (χ1v) is 5.71. The summed E-state index contributed by atoms with van der Waals surface area (Å²) in [6, 6.07) is 9.50. The number of ketones is 2. The van der Waals surface area contributed by atoms with Gasteiger partial charge in [0, 0.05) is 11.1 Å². The Balaban J connectivity index is 2.41. The smallest absolute Gasteiger partial charge is 0.196 e. The molecule has 0 spiro atoms. The fourth-order valence-corrected chi connectivity index (χ4v) is 2.43. The van der Waals surface area contributed by atoms with E-state index >= 15 is 0 Å². The van der Waals surface area contributed by atoms with E-state index in [4.69, 9.17) is 17.3 Å². The van der Waals surface area contributed by atoms with Crippen molar-refractivity contribution in [3.05, 3.63) is 63.7 Å². The van der Waals surface area contributed by atoms with E-state index < -0.39 is 0 Å². The molecular formula is C14H7ClNO2. The Morgan fingerprint density at radius 2 is 1.39 bits per heavy atom. The maximum atomic E-state index is 12.3. The van der Waals surface area contributed by atoms with Gasteiger partial charge in [0.2, 0.25) is 0 Å². The predicted molar refractivity (Wildman–Crippen MR) is 67.5 cm³/mol. The number of halogens is 1. The number of nitrogens with one attached hydrogen (secondary N) is 1. The first-order valence-electron chi connectivity index (χ1n) is 5.34. The number of carbonyl (C=O) groups is 2. The standard InChI is InChI=1S/C14H7ClNO2/c15-9-5-6-10(16)12-11(9)13(17)7-3-1-2-4-8(7)14(12)18/h1-6,16H. The molecule has 0 aliphatic heterocycles. The summed E-state index contributed by atoms with van der Waals surface area (Å²) in [5.74, 6) is -0.605. The maximum Gasteiger partial charge on any atom is 0.196 e. The van der Waals surface area contributed by atoms with Crippen molar-refractivity contribution in [2.45, 2.75) is 0 Å². The molecule has 3 rings (SSSR count). The van der Waals surface area contributed by atoms with Crippen molar-refractivity contribution in [2.24, 2.45) is 0 Å². The molecule has 1 aliphatic carbocycles. The number of fused-ring (bicyclic) bond motifs is 2. The molecule has 0 saturated carbocycles. The van der Waals surface area contributed by atoms with Gasteiger partial charge in [-0.25, -0.2) is 0 Å². The molecule has 0 heterocycles. The zero-order valence-corrected chi connectivity index (χ0v) is 9.91. The van der Waals surface area contributed by atoms with Gasteiger partial charge in [0.1, 0.15) is 0 Å². The van der Waals surface area contributed by atoms with E-state index in [1.807, 2.05) is 0 Å². The van der Waals surface area contributed by atoms with Gasteiger partial charge in [-0.05, 0) is 12.1 Å². The first-order chi connectivity index (χ1) is 8.61. The lowest BCUT2D eigenvalue weighted by molar-refractivity contribution is 0.0979. The lowest BCUT2D eigenvalue weighted by Crippen LogP contribution is -2.21. The van der Waals surface area contributed by atoms with Crippen LogP contribution < -0.4 is 5.73 Å². The zero-order valence-electron chi connectivity index (χ0n) is 9.16. The Kier molecular flexibility index (Phi) is 2.25. The van der Waals surface area contributed by atoms with E-state index in [0.29, 0.717) is 11.1 Å². The van der Waals surface area contributed by atoms with E-state index in [1.54, 1.807) is 24.3 Å². The molecule has 0 unspecified atom stereocenters. The van der Waals surface area contributed by atoms with Crippen molar-refractivity contribution in [3.8, 4) is 0 Å². The zero-order chi connectivity index (χ0) is 12.9. The molecule has 1 N–H and O–H groups in total. The molecular weight excluding hydrogens is 250 g/mol. The van der Waals surface area contributed by atoms with Gasteiger partial charge in [0.25, 0.3) is 0 Å². The van der Waals surface area contributed by atoms with Crippen LogP contribution in [0.5, 0.6) is 0 Å². The van der Waals surface area contributed by atoms with Crippen LogP contribution in [-0.2, 0) is 0 Å². The molecule has 18 heavy (non-hydrogen) atoms. The Bertz CT molecular complexity index is 647. The van der Waals surface area contributed by atoms with Crippen LogP contribution in [0.1, 0.15) is 31.8 Å². The van der Waals surface area contributed by atoms with Gasteiger partial charge in [-0.2, -0.15) is 0 Å². The van der Waals surface area contributed by atoms with E-state index in [9.17, 15) is 9.59 Å². The molecule has 1 radical (unpaired) electrons. The lowest BCUT2D eigenvalue weighted by Gasteiger charge is -2.19. The molecule has 0 saturated heterocycles. The average molecular weight is 257 g/mol. The number of benzene rings is 2. The topological polar surface area (TPSA) is 57.9 Å². The largest absolute Gasteiger partial charge is 0.300 e. The molecule has 2 aromatic carbocycles. The minimum Gasteiger partial charge on any atom is -0.300 e. The van der Waals surface area contributed by atoms with Crippen LogP contribution in [0.25, 0.3) is 0 Å². The summed E-state index contributed by atoms with van der Waals surface area (Å²) in [4.78, 5) is 24.6. The second-order valence-corrected chi connectivity index (χ2v) is 4.46. The summed E-state index contributed by atoms with van der Waals surface area (Å²) < 4.78 is 0. The van der Waals surface area contributed by atoms with Crippen LogP contribution >= 0.6 is 11.6 Å². The van der Waals surface area contributed by atoms with Gasteiger partial charge in [0.05, 0.1) is 21.8 Å². The van der Waals surface area contributed by atoms with Crippen molar-refractivity contribution in [3.63, 3.8) is 0 Å². The molecule has 1 aliphatic rings. The van der Waals surface area contributed by atoms with Gasteiger partial charge < -0.3 is 5.73 Å². The number of rotatable bonds is 0. The summed E-state index contributed by atoms with van der Waals surface area (Å²) in [5.41, 5.74) is 8.74. The summed E-state index contributed by atoms with van der Waals surface area (Å²) in [7, 11) is 0.